The molecular weight excluding hydrogens is 435 g/mol. The van der Waals surface area contributed by atoms with Crippen LogP contribution >= 0.6 is 0 Å². The number of hydrogen-bond acceptors (Lipinski definition) is 6. The molecule has 1 aromatic heterocycles. The van der Waals surface area contributed by atoms with E-state index in [2.05, 4.69) is 15.5 Å². The summed E-state index contributed by atoms with van der Waals surface area (Å²) < 4.78 is 15.2. The van der Waals surface area contributed by atoms with Gasteiger partial charge in [0.15, 0.2) is 0 Å². The Labute approximate surface area is 196 Å². The fraction of sp³-hybridized carbons (Fsp3) is 0.400. The second-order valence-corrected chi connectivity index (χ2v) is 9.20. The summed E-state index contributed by atoms with van der Waals surface area (Å²) in [5.74, 6) is -0.571. The summed E-state index contributed by atoms with van der Waals surface area (Å²) >= 11 is 0. The Morgan fingerprint density at radius 1 is 1.24 bits per heavy atom. The van der Waals surface area contributed by atoms with Crippen molar-refractivity contribution in [2.45, 2.75) is 50.0 Å². The lowest BCUT2D eigenvalue weighted by atomic mass is 9.85. The first-order valence-corrected chi connectivity index (χ1v) is 11.5. The maximum atomic E-state index is 13.5. The first-order chi connectivity index (χ1) is 16.5. The molecule has 1 amide bonds. The summed E-state index contributed by atoms with van der Waals surface area (Å²) in [6.07, 6.45) is 5.23. The minimum atomic E-state index is -0.869. The zero-order valence-electron chi connectivity index (χ0n) is 18.7. The van der Waals surface area contributed by atoms with Crippen molar-refractivity contribution in [3.63, 3.8) is 0 Å². The molecular formula is C25H25FN6O2. The smallest absolute Gasteiger partial charge is 0.230 e. The number of nitrogens with zero attached hydrogens (tertiary/aromatic N) is 6. The third-order valence-electron chi connectivity index (χ3n) is 7.15. The lowest BCUT2D eigenvalue weighted by Crippen LogP contribution is -2.48. The van der Waals surface area contributed by atoms with E-state index in [0.717, 1.165) is 35.2 Å². The van der Waals surface area contributed by atoms with Gasteiger partial charge in [-0.3, -0.25) is 4.79 Å². The van der Waals surface area contributed by atoms with Crippen molar-refractivity contribution in [2.24, 2.45) is 0 Å². The van der Waals surface area contributed by atoms with Crippen molar-refractivity contribution >= 4 is 5.91 Å². The van der Waals surface area contributed by atoms with Crippen LogP contribution in [0.4, 0.5) is 4.39 Å². The zero-order valence-corrected chi connectivity index (χ0v) is 18.7. The molecule has 1 unspecified atom stereocenters. The number of piperidine rings is 1. The van der Waals surface area contributed by atoms with E-state index in [9.17, 15) is 14.3 Å². The number of rotatable bonds is 5. The Morgan fingerprint density at radius 3 is 2.79 bits per heavy atom. The molecule has 0 bridgehead atoms. The van der Waals surface area contributed by atoms with Gasteiger partial charge in [-0.05, 0) is 89.9 Å². The fourth-order valence-electron chi connectivity index (χ4n) is 5.09. The number of aliphatic hydroxyl groups is 1. The highest BCUT2D eigenvalue weighted by atomic mass is 19.1. The van der Waals surface area contributed by atoms with Gasteiger partial charge in [0.1, 0.15) is 18.2 Å². The van der Waals surface area contributed by atoms with Gasteiger partial charge < -0.3 is 10.0 Å². The van der Waals surface area contributed by atoms with E-state index in [-0.39, 0.29) is 17.4 Å². The van der Waals surface area contributed by atoms with Crippen LogP contribution < -0.4 is 0 Å². The molecule has 1 fully saturated rings. The molecule has 174 valence electrons. The number of carbonyl (C=O) groups is 1. The molecule has 3 aromatic rings. The number of aryl methyl sites for hydroxylation is 2. The van der Waals surface area contributed by atoms with Gasteiger partial charge in [0.25, 0.3) is 0 Å². The number of likely N-dealkylation sites (tertiary alicyclic amines) is 1. The largest absolute Gasteiger partial charge is 0.390 e. The van der Waals surface area contributed by atoms with Crippen LogP contribution in [-0.2, 0) is 17.6 Å². The minimum absolute atomic E-state index is 0.0202. The van der Waals surface area contributed by atoms with Crippen molar-refractivity contribution in [2.75, 3.05) is 13.1 Å². The quantitative estimate of drug-likeness (QED) is 0.627. The van der Waals surface area contributed by atoms with Gasteiger partial charge in [0.05, 0.1) is 22.8 Å². The lowest BCUT2D eigenvalue weighted by Gasteiger charge is -2.39. The Balaban J connectivity index is 1.19. The molecule has 5 rings (SSSR count). The van der Waals surface area contributed by atoms with Crippen molar-refractivity contribution in [1.82, 2.24) is 25.1 Å². The number of halogens is 1. The van der Waals surface area contributed by atoms with Crippen molar-refractivity contribution in [1.29, 1.82) is 5.26 Å². The van der Waals surface area contributed by atoms with Crippen LogP contribution in [0.2, 0.25) is 0 Å². The number of benzene rings is 2. The predicted octanol–water partition coefficient (Wildman–Crippen LogP) is 2.69. The molecule has 34 heavy (non-hydrogen) atoms. The van der Waals surface area contributed by atoms with E-state index < -0.39 is 11.4 Å². The molecule has 8 nitrogen and oxygen atoms in total. The maximum absolute atomic E-state index is 13.5. The first kappa shape index (κ1) is 22.2. The number of nitriles is 1. The van der Waals surface area contributed by atoms with Crippen molar-refractivity contribution < 1.29 is 14.3 Å². The molecule has 9 heteroatoms. The van der Waals surface area contributed by atoms with E-state index in [0.29, 0.717) is 38.8 Å². The normalized spacial score (nSPS) is 19.0. The molecule has 1 aliphatic carbocycles. The van der Waals surface area contributed by atoms with Crippen LogP contribution in [-0.4, -0.2) is 54.8 Å². The van der Waals surface area contributed by atoms with E-state index in [1.807, 2.05) is 29.2 Å². The maximum Gasteiger partial charge on any atom is 0.230 e. The van der Waals surface area contributed by atoms with Crippen molar-refractivity contribution in [3.8, 4) is 11.8 Å². The van der Waals surface area contributed by atoms with Gasteiger partial charge in [0.2, 0.25) is 5.91 Å². The molecule has 1 aliphatic heterocycles. The second kappa shape index (κ2) is 8.95. The van der Waals surface area contributed by atoms with E-state index in [1.165, 1.54) is 6.07 Å². The Kier molecular flexibility index (Phi) is 5.84. The SMILES string of the molecule is N#Cc1cc(CCC2(O)CCN(C(=O)C3CCc4cc(-n5cnnn5)ccc43)CC2)ccc1F. The van der Waals surface area contributed by atoms with Crippen LogP contribution in [0.1, 0.15) is 53.9 Å². The van der Waals surface area contributed by atoms with Crippen LogP contribution in [0.3, 0.4) is 0 Å². The lowest BCUT2D eigenvalue weighted by molar-refractivity contribution is -0.137. The Hall–Kier alpha value is -3.64. The first-order valence-electron chi connectivity index (χ1n) is 11.5. The predicted molar refractivity (Wildman–Crippen MR) is 120 cm³/mol. The zero-order chi connectivity index (χ0) is 23.7. The monoisotopic (exact) mass is 460 g/mol. The van der Waals surface area contributed by atoms with Gasteiger partial charge in [-0.15, -0.1) is 5.10 Å². The fourth-order valence-corrected chi connectivity index (χ4v) is 5.09. The van der Waals surface area contributed by atoms with Crippen LogP contribution in [0.25, 0.3) is 5.69 Å². The summed E-state index contributed by atoms with van der Waals surface area (Å²) in [5.41, 5.74) is 3.07. The molecule has 2 aliphatic rings. The summed E-state index contributed by atoms with van der Waals surface area (Å²) in [5, 5.41) is 31.3. The van der Waals surface area contributed by atoms with Crippen LogP contribution in [0.15, 0.2) is 42.7 Å². The van der Waals surface area contributed by atoms with Gasteiger partial charge in [-0.1, -0.05) is 12.1 Å². The molecule has 2 aromatic carbocycles. The van der Waals surface area contributed by atoms with Crippen LogP contribution in [0, 0.1) is 17.1 Å². The van der Waals surface area contributed by atoms with E-state index in [4.69, 9.17) is 5.26 Å². The summed E-state index contributed by atoms with van der Waals surface area (Å²) in [4.78, 5) is 15.2. The molecule has 1 atom stereocenters. The number of tetrazole rings is 1. The second-order valence-electron chi connectivity index (χ2n) is 9.20. The topological polar surface area (TPSA) is 108 Å². The standard InChI is InChI=1S/C25H25FN6O2/c26-23-6-1-17(13-19(23)15-27)7-8-25(34)9-11-31(12-10-25)24(33)22-4-2-18-14-20(3-5-21(18)22)32-16-28-29-30-32/h1,3,5-6,13-14,16,22,34H,2,4,7-12H2. The van der Waals surface area contributed by atoms with Gasteiger partial charge in [0, 0.05) is 13.1 Å². The number of fused-ring (bicyclic) bond motifs is 1. The molecule has 0 saturated carbocycles. The van der Waals surface area contributed by atoms with E-state index >= 15 is 0 Å². The average Bonchev–Trinajstić information content (AvgIpc) is 3.53. The highest BCUT2D eigenvalue weighted by Gasteiger charge is 2.37. The third kappa shape index (κ3) is 4.29. The molecule has 2 heterocycles. The number of aromatic nitrogens is 4. The Bertz CT molecular complexity index is 1240. The highest BCUT2D eigenvalue weighted by Crippen LogP contribution is 2.37. The number of hydrogen-bond donors (Lipinski definition) is 1. The van der Waals surface area contributed by atoms with E-state index in [1.54, 1.807) is 23.1 Å². The number of amides is 1. The summed E-state index contributed by atoms with van der Waals surface area (Å²) in [6.45, 7) is 1.02. The molecule has 1 N–H and O–H groups in total. The van der Waals surface area contributed by atoms with Crippen molar-refractivity contribution in [3.05, 3.63) is 70.8 Å². The minimum Gasteiger partial charge on any atom is -0.390 e. The molecule has 1 saturated heterocycles. The van der Waals surface area contributed by atoms with Gasteiger partial charge >= 0.3 is 0 Å². The van der Waals surface area contributed by atoms with Crippen LogP contribution in [0.5, 0.6) is 0 Å². The summed E-state index contributed by atoms with van der Waals surface area (Å²) in [7, 11) is 0. The van der Waals surface area contributed by atoms with Gasteiger partial charge in [-0.2, -0.15) is 5.26 Å². The third-order valence-corrected chi connectivity index (χ3v) is 7.15. The molecule has 0 spiro atoms. The highest BCUT2D eigenvalue weighted by molar-refractivity contribution is 5.85. The van der Waals surface area contributed by atoms with Gasteiger partial charge in [-0.25, -0.2) is 9.07 Å². The average molecular weight is 461 g/mol. The number of carbonyl (C=O) groups excluding carboxylic acids is 1. The summed E-state index contributed by atoms with van der Waals surface area (Å²) in [6, 6.07) is 12.3. The molecule has 0 radical (unpaired) electrons. The Morgan fingerprint density at radius 2 is 2.06 bits per heavy atom.